The Morgan fingerprint density at radius 3 is 2.19 bits per heavy atom. The molecule has 2 N–H and O–H groups in total. The summed E-state index contributed by atoms with van der Waals surface area (Å²) >= 11 is 3.40. The predicted octanol–water partition coefficient (Wildman–Crippen LogP) is 3.05. The van der Waals surface area contributed by atoms with Crippen LogP contribution in [0.2, 0.25) is 0 Å². The van der Waals surface area contributed by atoms with Crippen LogP contribution < -0.4 is 15.5 Å². The van der Waals surface area contributed by atoms with E-state index in [1.54, 1.807) is 22.7 Å². The minimum absolute atomic E-state index is 0.625. The third-order valence-electron chi connectivity index (χ3n) is 4.12. The summed E-state index contributed by atoms with van der Waals surface area (Å²) in [7, 11) is 0. The van der Waals surface area contributed by atoms with Crippen LogP contribution in [0.15, 0.2) is 5.38 Å². The highest BCUT2D eigenvalue weighted by Crippen LogP contribution is 2.39. The zero-order chi connectivity index (χ0) is 14.2. The highest BCUT2D eigenvalue weighted by Gasteiger charge is 2.21. The van der Waals surface area contributed by atoms with E-state index in [2.05, 4.69) is 20.2 Å². The molecule has 2 saturated heterocycles. The molecule has 21 heavy (non-hydrogen) atoms. The molecule has 7 heteroatoms. The zero-order valence-electron chi connectivity index (χ0n) is 11.9. The molecule has 0 amide bonds. The molecule has 0 unspecified atom stereocenters. The van der Waals surface area contributed by atoms with Crippen LogP contribution in [-0.4, -0.2) is 36.1 Å². The third-order valence-corrected chi connectivity index (χ3v) is 6.18. The van der Waals surface area contributed by atoms with Crippen LogP contribution in [0, 0.1) is 0 Å². The lowest BCUT2D eigenvalue weighted by Crippen LogP contribution is -2.17. The second-order valence-corrected chi connectivity index (χ2v) is 7.43. The summed E-state index contributed by atoms with van der Waals surface area (Å²) in [5.41, 5.74) is 7.12. The number of anilines is 3. The first-order chi connectivity index (χ1) is 10.3. The summed E-state index contributed by atoms with van der Waals surface area (Å²) in [6.07, 6.45) is 5.06. The van der Waals surface area contributed by atoms with Gasteiger partial charge in [-0.15, -0.1) is 11.3 Å². The molecule has 0 radical (unpaired) electrons. The number of aromatic nitrogens is 2. The lowest BCUT2D eigenvalue weighted by molar-refractivity contribution is 0.949. The summed E-state index contributed by atoms with van der Waals surface area (Å²) in [4.78, 5) is 15.1. The average molecular weight is 321 g/mol. The highest BCUT2D eigenvalue weighted by molar-refractivity contribution is 7.20. The van der Waals surface area contributed by atoms with Gasteiger partial charge >= 0.3 is 0 Å². The van der Waals surface area contributed by atoms with Gasteiger partial charge in [0.2, 0.25) is 0 Å². The number of nitrogen functional groups attached to an aromatic ring is 1. The lowest BCUT2D eigenvalue weighted by atomic mass is 10.4. The van der Waals surface area contributed by atoms with E-state index in [-0.39, 0.29) is 0 Å². The molecule has 4 heterocycles. The smallest absolute Gasteiger partial charge is 0.187 e. The fraction of sp³-hybridized carbons (Fsp3) is 0.571. The van der Waals surface area contributed by atoms with E-state index in [4.69, 9.17) is 10.7 Å². The van der Waals surface area contributed by atoms with Crippen LogP contribution >= 0.6 is 22.7 Å². The van der Waals surface area contributed by atoms with E-state index < -0.39 is 0 Å². The molecule has 0 spiro atoms. The Kier molecular flexibility index (Phi) is 3.46. The van der Waals surface area contributed by atoms with E-state index in [0.29, 0.717) is 5.82 Å². The van der Waals surface area contributed by atoms with Gasteiger partial charge in [0.1, 0.15) is 5.82 Å². The fourth-order valence-electron chi connectivity index (χ4n) is 2.97. The summed E-state index contributed by atoms with van der Waals surface area (Å²) in [5.74, 6) is 0.625. The first-order valence-electron chi connectivity index (χ1n) is 7.53. The molecule has 5 nitrogen and oxygen atoms in total. The van der Waals surface area contributed by atoms with Crippen LogP contribution in [0.3, 0.4) is 0 Å². The van der Waals surface area contributed by atoms with Crippen molar-refractivity contribution in [2.75, 3.05) is 41.7 Å². The van der Waals surface area contributed by atoms with Crippen molar-refractivity contribution in [1.29, 1.82) is 0 Å². The van der Waals surface area contributed by atoms with Crippen LogP contribution in [0.1, 0.15) is 25.7 Å². The molecule has 0 bridgehead atoms. The molecule has 2 aliphatic rings. The molecule has 2 aliphatic heterocycles. The summed E-state index contributed by atoms with van der Waals surface area (Å²) in [6.45, 7) is 4.46. The predicted molar refractivity (Wildman–Crippen MR) is 90.5 cm³/mol. The number of rotatable bonds is 3. The fourth-order valence-corrected chi connectivity index (χ4v) is 4.91. The molecule has 2 aromatic heterocycles. The monoisotopic (exact) mass is 321 g/mol. The van der Waals surface area contributed by atoms with Crippen LogP contribution in [0.25, 0.3) is 10.6 Å². The number of nitrogens with two attached hydrogens (primary N) is 1. The Labute approximate surface area is 132 Å². The second-order valence-electron chi connectivity index (χ2n) is 5.61. The van der Waals surface area contributed by atoms with Crippen LogP contribution in [-0.2, 0) is 0 Å². The van der Waals surface area contributed by atoms with E-state index in [1.165, 1.54) is 25.7 Å². The minimum atomic E-state index is 0.625. The topological polar surface area (TPSA) is 58.3 Å². The molecule has 0 aromatic carbocycles. The van der Waals surface area contributed by atoms with Crippen LogP contribution in [0.5, 0.6) is 0 Å². The summed E-state index contributed by atoms with van der Waals surface area (Å²) in [6, 6.07) is 0. The SMILES string of the molecule is Nc1nc(N2CCCC2)sc1-c1csc(N2CCCC2)n1. The van der Waals surface area contributed by atoms with Crippen molar-refractivity contribution in [2.24, 2.45) is 0 Å². The molecule has 2 fully saturated rings. The van der Waals surface area contributed by atoms with Crippen molar-refractivity contribution in [3.05, 3.63) is 5.38 Å². The van der Waals surface area contributed by atoms with Gasteiger partial charge in [-0.1, -0.05) is 11.3 Å². The van der Waals surface area contributed by atoms with Gasteiger partial charge in [0.25, 0.3) is 0 Å². The third kappa shape index (κ3) is 2.48. The Morgan fingerprint density at radius 1 is 0.905 bits per heavy atom. The molecular formula is C14H19N5S2. The van der Waals surface area contributed by atoms with Crippen molar-refractivity contribution in [3.63, 3.8) is 0 Å². The first-order valence-corrected chi connectivity index (χ1v) is 9.23. The Hall–Kier alpha value is -1.34. The number of hydrogen-bond acceptors (Lipinski definition) is 7. The van der Waals surface area contributed by atoms with Crippen molar-refractivity contribution in [3.8, 4) is 10.6 Å². The van der Waals surface area contributed by atoms with Gasteiger partial charge in [-0.2, -0.15) is 0 Å². The van der Waals surface area contributed by atoms with Gasteiger partial charge in [0.15, 0.2) is 10.3 Å². The molecular weight excluding hydrogens is 302 g/mol. The Bertz CT molecular complexity index is 623. The van der Waals surface area contributed by atoms with Gasteiger partial charge in [-0.25, -0.2) is 9.97 Å². The van der Waals surface area contributed by atoms with Crippen molar-refractivity contribution in [1.82, 2.24) is 9.97 Å². The Morgan fingerprint density at radius 2 is 1.52 bits per heavy atom. The van der Waals surface area contributed by atoms with Gasteiger partial charge in [-0.3, -0.25) is 0 Å². The number of hydrogen-bond donors (Lipinski definition) is 1. The molecule has 0 saturated carbocycles. The van der Waals surface area contributed by atoms with Gasteiger partial charge < -0.3 is 15.5 Å². The maximum absolute atomic E-state index is 6.13. The van der Waals surface area contributed by atoms with Crippen molar-refractivity contribution < 1.29 is 0 Å². The van der Waals surface area contributed by atoms with Crippen molar-refractivity contribution >= 4 is 38.8 Å². The molecule has 0 aliphatic carbocycles. The molecule has 2 aromatic rings. The first kappa shape index (κ1) is 13.3. The maximum atomic E-state index is 6.13. The summed E-state index contributed by atoms with van der Waals surface area (Å²) < 4.78 is 0. The van der Waals surface area contributed by atoms with Crippen molar-refractivity contribution in [2.45, 2.75) is 25.7 Å². The summed E-state index contributed by atoms with van der Waals surface area (Å²) in [5, 5.41) is 4.29. The van der Waals surface area contributed by atoms with E-state index in [0.717, 1.165) is 47.0 Å². The second kappa shape index (κ2) is 5.46. The maximum Gasteiger partial charge on any atom is 0.187 e. The van der Waals surface area contributed by atoms with Gasteiger partial charge in [0, 0.05) is 31.6 Å². The lowest BCUT2D eigenvalue weighted by Gasteiger charge is -2.12. The minimum Gasteiger partial charge on any atom is -0.382 e. The van der Waals surface area contributed by atoms with E-state index in [1.807, 2.05) is 0 Å². The zero-order valence-corrected chi connectivity index (χ0v) is 13.5. The normalized spacial score (nSPS) is 18.9. The quantitative estimate of drug-likeness (QED) is 0.941. The van der Waals surface area contributed by atoms with Gasteiger partial charge in [-0.05, 0) is 25.7 Å². The molecule has 112 valence electrons. The molecule has 0 atom stereocenters. The number of nitrogens with zero attached hydrogens (tertiary/aromatic N) is 4. The largest absolute Gasteiger partial charge is 0.382 e. The van der Waals surface area contributed by atoms with Crippen LogP contribution in [0.4, 0.5) is 16.1 Å². The van der Waals surface area contributed by atoms with E-state index >= 15 is 0 Å². The molecule has 4 rings (SSSR count). The van der Waals surface area contributed by atoms with Gasteiger partial charge in [0.05, 0.1) is 10.6 Å². The Balaban J connectivity index is 1.60. The average Bonchev–Trinajstić information content (AvgIpc) is 3.26. The standard InChI is InChI=1S/C14H19N5S2/c15-12-11(21-14(17-12)19-7-3-4-8-19)10-9-20-13(16-10)18-5-1-2-6-18/h9H,1-8,15H2. The highest BCUT2D eigenvalue weighted by atomic mass is 32.1. The van der Waals surface area contributed by atoms with E-state index in [9.17, 15) is 0 Å². The number of thiazole rings is 2.